The molecule has 2 atom stereocenters. The Morgan fingerprint density at radius 2 is 1.86 bits per heavy atom. The van der Waals surface area contributed by atoms with E-state index in [1.54, 1.807) is 19.2 Å². The van der Waals surface area contributed by atoms with Crippen molar-refractivity contribution in [1.29, 1.82) is 0 Å². The first-order valence-corrected chi connectivity index (χ1v) is 10.8. The molecule has 0 fully saturated rings. The molecule has 0 saturated heterocycles. The number of rotatable bonds is 6. The molecule has 12 heteroatoms. The molecule has 2 unspecified atom stereocenters. The molecular weight excluding hydrogens is 477 g/mol. The zero-order valence-corrected chi connectivity index (χ0v) is 18.9. The minimum absolute atomic E-state index is 0.0134. The van der Waals surface area contributed by atoms with Crippen molar-refractivity contribution in [3.05, 3.63) is 83.5 Å². The highest BCUT2D eigenvalue weighted by Gasteiger charge is 2.31. The van der Waals surface area contributed by atoms with Crippen LogP contribution in [0, 0.1) is 0 Å². The monoisotopic (exact) mass is 498 g/mol. The number of nitrogens with zero attached hydrogens (tertiary/aromatic N) is 4. The summed E-state index contributed by atoms with van der Waals surface area (Å²) in [5.74, 6) is -1.52. The number of allylic oxidation sites excluding steroid dienone is 2. The van der Waals surface area contributed by atoms with Crippen molar-refractivity contribution in [2.75, 3.05) is 12.4 Å². The second-order valence-corrected chi connectivity index (χ2v) is 7.85. The van der Waals surface area contributed by atoms with Crippen LogP contribution < -0.4 is 15.5 Å². The molecule has 0 aromatic heterocycles. The standard InChI is InChI=1S/C24H21F3N6O3/c1-36-21-11-6-15(12-16(21)14-33-20-5-3-2-4-19(20)30-32-33)13-28-31-23(35)22(34)29-18-9-7-17(8-10-18)24(25,26)27/h2-13,19-20H,14H2,1H3,(H,29,34)(H,31,35). The van der Waals surface area contributed by atoms with Crippen LogP contribution in [0.5, 0.6) is 5.75 Å². The van der Waals surface area contributed by atoms with E-state index >= 15 is 0 Å². The lowest BCUT2D eigenvalue weighted by atomic mass is 10.0. The summed E-state index contributed by atoms with van der Waals surface area (Å²) in [5.41, 5.74) is 2.70. The van der Waals surface area contributed by atoms with E-state index in [-0.39, 0.29) is 17.8 Å². The lowest BCUT2D eigenvalue weighted by Crippen LogP contribution is -2.32. The smallest absolute Gasteiger partial charge is 0.416 e. The van der Waals surface area contributed by atoms with Gasteiger partial charge in [0, 0.05) is 11.3 Å². The van der Waals surface area contributed by atoms with Gasteiger partial charge in [0.05, 0.1) is 31.5 Å². The first-order valence-electron chi connectivity index (χ1n) is 10.8. The quantitative estimate of drug-likeness (QED) is 0.358. The number of carbonyl (C=O) groups excluding carboxylic acids is 2. The summed E-state index contributed by atoms with van der Waals surface area (Å²) in [7, 11) is 1.56. The summed E-state index contributed by atoms with van der Waals surface area (Å²) in [6.45, 7) is 0.426. The lowest BCUT2D eigenvalue weighted by Gasteiger charge is -2.24. The van der Waals surface area contributed by atoms with Crippen LogP contribution in [-0.2, 0) is 22.3 Å². The van der Waals surface area contributed by atoms with Gasteiger partial charge in [-0.05, 0) is 48.0 Å². The summed E-state index contributed by atoms with van der Waals surface area (Å²) >= 11 is 0. The van der Waals surface area contributed by atoms with E-state index in [4.69, 9.17) is 4.74 Å². The number of fused-ring (bicyclic) bond motifs is 1. The molecule has 4 rings (SSSR count). The maximum Gasteiger partial charge on any atom is 0.416 e. The first-order chi connectivity index (χ1) is 17.2. The van der Waals surface area contributed by atoms with E-state index in [2.05, 4.69) is 26.2 Å². The third-order valence-corrected chi connectivity index (χ3v) is 5.41. The van der Waals surface area contributed by atoms with Crippen LogP contribution in [0.1, 0.15) is 16.7 Å². The molecule has 2 N–H and O–H groups in total. The number of halogens is 3. The van der Waals surface area contributed by atoms with Gasteiger partial charge in [-0.1, -0.05) is 29.5 Å². The molecule has 1 aliphatic heterocycles. The zero-order valence-electron chi connectivity index (χ0n) is 18.9. The van der Waals surface area contributed by atoms with Gasteiger partial charge in [-0.2, -0.15) is 23.4 Å². The minimum atomic E-state index is -4.50. The van der Waals surface area contributed by atoms with Crippen LogP contribution in [0.15, 0.2) is 82.2 Å². The van der Waals surface area contributed by atoms with Crippen molar-refractivity contribution in [3.8, 4) is 5.75 Å². The Hall–Kier alpha value is -4.48. The molecule has 1 heterocycles. The van der Waals surface area contributed by atoms with Gasteiger partial charge in [-0.25, -0.2) is 5.43 Å². The van der Waals surface area contributed by atoms with Gasteiger partial charge in [0.25, 0.3) is 0 Å². The minimum Gasteiger partial charge on any atom is -0.496 e. The van der Waals surface area contributed by atoms with Crippen LogP contribution in [0.3, 0.4) is 0 Å². The average Bonchev–Trinajstić information content (AvgIpc) is 3.26. The van der Waals surface area contributed by atoms with Crippen molar-refractivity contribution in [2.45, 2.75) is 24.8 Å². The molecule has 36 heavy (non-hydrogen) atoms. The number of anilines is 1. The SMILES string of the molecule is COc1ccc(C=NNC(=O)C(=O)Nc2ccc(C(F)(F)F)cc2)cc1CN1N=NC2C=CC=CC21. The molecule has 0 saturated carbocycles. The van der Waals surface area contributed by atoms with Crippen molar-refractivity contribution >= 4 is 23.7 Å². The van der Waals surface area contributed by atoms with E-state index < -0.39 is 23.6 Å². The number of nitrogens with one attached hydrogen (secondary N) is 2. The van der Waals surface area contributed by atoms with Crippen molar-refractivity contribution in [1.82, 2.24) is 10.4 Å². The lowest BCUT2D eigenvalue weighted by molar-refractivity contribution is -0.137. The fraction of sp³-hybridized carbons (Fsp3) is 0.208. The van der Waals surface area contributed by atoms with Gasteiger partial charge in [0.2, 0.25) is 0 Å². The van der Waals surface area contributed by atoms with Gasteiger partial charge in [0.1, 0.15) is 11.8 Å². The molecule has 9 nitrogen and oxygen atoms in total. The number of benzene rings is 2. The summed E-state index contributed by atoms with van der Waals surface area (Å²) in [4.78, 5) is 24.0. The average molecular weight is 498 g/mol. The second kappa shape index (κ2) is 10.4. The van der Waals surface area contributed by atoms with E-state index in [0.29, 0.717) is 17.9 Å². The number of alkyl halides is 3. The number of hydrogen-bond donors (Lipinski definition) is 2. The first kappa shape index (κ1) is 24.6. The predicted molar refractivity (Wildman–Crippen MR) is 125 cm³/mol. The van der Waals surface area contributed by atoms with Crippen LogP contribution in [0.4, 0.5) is 18.9 Å². The molecule has 1 aliphatic carbocycles. The van der Waals surface area contributed by atoms with Crippen molar-refractivity contribution < 1.29 is 27.5 Å². The highest BCUT2D eigenvalue weighted by atomic mass is 19.4. The Morgan fingerprint density at radius 3 is 2.58 bits per heavy atom. The normalized spacial score (nSPS) is 18.4. The van der Waals surface area contributed by atoms with E-state index in [9.17, 15) is 22.8 Å². The van der Waals surface area contributed by atoms with Crippen LogP contribution >= 0.6 is 0 Å². The molecule has 2 aromatic carbocycles. The van der Waals surface area contributed by atoms with E-state index in [1.807, 2.05) is 35.4 Å². The van der Waals surface area contributed by atoms with Crippen LogP contribution in [-0.4, -0.2) is 42.2 Å². The van der Waals surface area contributed by atoms with Gasteiger partial charge >= 0.3 is 18.0 Å². The number of hydrazone groups is 1. The summed E-state index contributed by atoms with van der Waals surface area (Å²) < 4.78 is 43.3. The van der Waals surface area contributed by atoms with Crippen molar-refractivity contribution in [3.63, 3.8) is 0 Å². The fourth-order valence-corrected chi connectivity index (χ4v) is 3.61. The third-order valence-electron chi connectivity index (χ3n) is 5.41. The Labute approximate surface area is 204 Å². The van der Waals surface area contributed by atoms with Crippen LogP contribution in [0.2, 0.25) is 0 Å². The highest BCUT2D eigenvalue weighted by Crippen LogP contribution is 2.30. The molecule has 186 valence electrons. The largest absolute Gasteiger partial charge is 0.496 e. The number of carbonyl (C=O) groups is 2. The van der Waals surface area contributed by atoms with Gasteiger partial charge < -0.3 is 10.1 Å². The molecular formula is C24H21F3N6O3. The van der Waals surface area contributed by atoms with E-state index in [1.165, 1.54) is 6.21 Å². The maximum absolute atomic E-state index is 12.6. The molecule has 0 bridgehead atoms. The molecule has 0 radical (unpaired) electrons. The predicted octanol–water partition coefficient (Wildman–Crippen LogP) is 3.85. The molecule has 2 aromatic rings. The molecule has 2 amide bonds. The highest BCUT2D eigenvalue weighted by molar-refractivity contribution is 6.39. The summed E-state index contributed by atoms with van der Waals surface area (Å²) in [6, 6.07) is 8.97. The van der Waals surface area contributed by atoms with E-state index in [0.717, 1.165) is 29.8 Å². The van der Waals surface area contributed by atoms with Gasteiger partial charge in [0.15, 0.2) is 0 Å². The maximum atomic E-state index is 12.6. The van der Waals surface area contributed by atoms with Gasteiger partial charge in [-0.15, -0.1) is 0 Å². The Morgan fingerprint density at radius 1 is 1.11 bits per heavy atom. The fourth-order valence-electron chi connectivity index (χ4n) is 3.61. The number of amides is 2. The number of hydrogen-bond acceptors (Lipinski definition) is 7. The Bertz CT molecular complexity index is 1250. The topological polar surface area (TPSA) is 108 Å². The van der Waals surface area contributed by atoms with Crippen molar-refractivity contribution in [2.24, 2.45) is 15.4 Å². The van der Waals surface area contributed by atoms with Crippen LogP contribution in [0.25, 0.3) is 0 Å². The van der Waals surface area contributed by atoms with Gasteiger partial charge in [-0.3, -0.25) is 14.6 Å². The zero-order chi connectivity index (χ0) is 25.7. The number of methoxy groups -OCH3 is 1. The Kier molecular flexibility index (Phi) is 7.13. The second-order valence-electron chi connectivity index (χ2n) is 7.85. The molecule has 0 spiro atoms. The summed E-state index contributed by atoms with van der Waals surface area (Å²) in [6.07, 6.45) is 4.73. The Balaban J connectivity index is 1.35. The molecule has 2 aliphatic rings. The third kappa shape index (κ3) is 5.77. The number of ether oxygens (including phenoxy) is 1. The summed E-state index contributed by atoms with van der Waals surface area (Å²) in [5, 5.41) is 16.4.